The Bertz CT molecular complexity index is 694. The van der Waals surface area contributed by atoms with Crippen molar-refractivity contribution in [2.75, 3.05) is 37.6 Å². The molecule has 4 nitrogen and oxygen atoms in total. The molecule has 1 saturated heterocycles. The molecule has 0 radical (unpaired) electrons. The lowest BCUT2D eigenvalue weighted by Crippen LogP contribution is -2.47. The topological polar surface area (TPSA) is 47.3 Å². The van der Waals surface area contributed by atoms with Crippen molar-refractivity contribution in [3.8, 4) is 6.07 Å². The lowest BCUT2D eigenvalue weighted by molar-refractivity contribution is -0.118. The smallest absolute Gasteiger partial charge is 0.146 e. The van der Waals surface area contributed by atoms with E-state index in [9.17, 15) is 4.79 Å². The number of nitriles is 1. The van der Waals surface area contributed by atoms with E-state index in [-0.39, 0.29) is 12.2 Å². The highest BCUT2D eigenvalue weighted by Crippen LogP contribution is 2.33. The Morgan fingerprint density at radius 1 is 1.07 bits per heavy atom. The van der Waals surface area contributed by atoms with Crippen molar-refractivity contribution in [1.29, 1.82) is 5.26 Å². The predicted octanol–water partition coefficient (Wildman–Crippen LogP) is 5.22. The fraction of sp³-hybridized carbons (Fsp3) is 0.692. The summed E-state index contributed by atoms with van der Waals surface area (Å²) in [6.07, 6.45) is 10.7. The number of piperazine rings is 1. The van der Waals surface area contributed by atoms with Gasteiger partial charge in [-0.15, -0.1) is 0 Å². The van der Waals surface area contributed by atoms with Gasteiger partial charge in [-0.05, 0) is 55.3 Å². The molecule has 1 aromatic rings. The van der Waals surface area contributed by atoms with Crippen molar-refractivity contribution < 1.29 is 4.79 Å². The van der Waals surface area contributed by atoms with Gasteiger partial charge in [0, 0.05) is 38.3 Å². The molecule has 1 aromatic carbocycles. The second-order valence-electron chi connectivity index (χ2n) is 9.29. The summed E-state index contributed by atoms with van der Waals surface area (Å²) in [5.74, 6) is 1.81. The monoisotopic (exact) mass is 409 g/mol. The third-order valence-electron chi connectivity index (χ3n) is 7.22. The maximum Gasteiger partial charge on any atom is 0.146 e. The van der Waals surface area contributed by atoms with E-state index in [2.05, 4.69) is 41.0 Å². The van der Waals surface area contributed by atoms with Crippen molar-refractivity contribution in [1.82, 2.24) is 4.90 Å². The zero-order chi connectivity index (χ0) is 21.2. The van der Waals surface area contributed by atoms with Crippen LogP contribution in [0.15, 0.2) is 24.3 Å². The SMILES string of the molecule is CCc1cccc(N2CCN(CC[C@H]3CC[C@H](CCCC(=O)CC#N)CC3)CC2)c1. The lowest BCUT2D eigenvalue weighted by Gasteiger charge is -2.37. The minimum atomic E-state index is 0.0894. The van der Waals surface area contributed by atoms with Crippen LogP contribution in [0.5, 0.6) is 0 Å². The molecule has 0 unspecified atom stereocenters. The molecule has 3 rings (SSSR count). The molecule has 1 saturated carbocycles. The minimum absolute atomic E-state index is 0.0894. The molecule has 0 N–H and O–H groups in total. The molecular weight excluding hydrogens is 370 g/mol. The Kier molecular flexibility index (Phi) is 9.21. The maximum absolute atomic E-state index is 11.5. The molecule has 30 heavy (non-hydrogen) atoms. The van der Waals surface area contributed by atoms with Crippen molar-refractivity contribution in [2.45, 2.75) is 71.1 Å². The highest BCUT2D eigenvalue weighted by Gasteiger charge is 2.23. The number of anilines is 1. The van der Waals surface area contributed by atoms with Crippen LogP contribution in [0.25, 0.3) is 0 Å². The Morgan fingerprint density at radius 3 is 2.43 bits per heavy atom. The first-order valence-corrected chi connectivity index (χ1v) is 12.1. The number of aryl methyl sites for hydroxylation is 1. The first-order chi connectivity index (χ1) is 14.7. The zero-order valence-electron chi connectivity index (χ0n) is 18.8. The summed E-state index contributed by atoms with van der Waals surface area (Å²) in [6, 6.07) is 11.0. The summed E-state index contributed by atoms with van der Waals surface area (Å²) in [5, 5.41) is 8.57. The molecule has 0 amide bonds. The number of ketones is 1. The van der Waals surface area contributed by atoms with Gasteiger partial charge >= 0.3 is 0 Å². The van der Waals surface area contributed by atoms with Crippen LogP contribution in [0.2, 0.25) is 0 Å². The van der Waals surface area contributed by atoms with Crippen LogP contribution in [0, 0.1) is 23.2 Å². The van der Waals surface area contributed by atoms with Crippen LogP contribution in [0.4, 0.5) is 5.69 Å². The summed E-state index contributed by atoms with van der Waals surface area (Å²) >= 11 is 0. The van der Waals surface area contributed by atoms with Gasteiger partial charge in [-0.25, -0.2) is 0 Å². The number of hydrogen-bond donors (Lipinski definition) is 0. The van der Waals surface area contributed by atoms with Crippen molar-refractivity contribution in [3.05, 3.63) is 29.8 Å². The van der Waals surface area contributed by atoms with Gasteiger partial charge in [0.05, 0.1) is 12.5 Å². The molecular formula is C26H39N3O. The summed E-state index contributed by atoms with van der Waals surface area (Å²) in [7, 11) is 0. The average molecular weight is 410 g/mol. The molecule has 1 heterocycles. The quantitative estimate of drug-likeness (QED) is 0.531. The van der Waals surface area contributed by atoms with E-state index < -0.39 is 0 Å². The van der Waals surface area contributed by atoms with E-state index in [1.807, 2.05) is 6.07 Å². The average Bonchev–Trinajstić information content (AvgIpc) is 2.79. The molecule has 2 fully saturated rings. The van der Waals surface area contributed by atoms with Gasteiger partial charge in [0.2, 0.25) is 0 Å². The van der Waals surface area contributed by atoms with Crippen molar-refractivity contribution in [2.24, 2.45) is 11.8 Å². The van der Waals surface area contributed by atoms with Gasteiger partial charge in [0.25, 0.3) is 0 Å². The summed E-state index contributed by atoms with van der Waals surface area (Å²) in [4.78, 5) is 16.7. The van der Waals surface area contributed by atoms with E-state index in [1.165, 1.54) is 69.4 Å². The van der Waals surface area contributed by atoms with E-state index in [0.29, 0.717) is 6.42 Å². The van der Waals surface area contributed by atoms with E-state index in [0.717, 1.165) is 37.8 Å². The minimum Gasteiger partial charge on any atom is -0.369 e. The normalized spacial score (nSPS) is 22.6. The number of Topliss-reactive ketones (excluding diaryl/α,β-unsaturated/α-hetero) is 1. The standard InChI is InChI=1S/C26H39N3O/c1-2-22-5-3-7-25(21-22)29-19-17-28(18-20-29)16-14-24-11-9-23(10-12-24)6-4-8-26(30)13-15-27/h3,5,7,21,23-24H,2,4,6,8-14,16-20H2,1H3/t23-,24-. The Balaban J connectivity index is 1.28. The summed E-state index contributed by atoms with van der Waals surface area (Å²) in [5.41, 5.74) is 2.82. The number of rotatable bonds is 10. The Hall–Kier alpha value is -1.86. The molecule has 1 aliphatic carbocycles. The van der Waals surface area contributed by atoms with E-state index >= 15 is 0 Å². The maximum atomic E-state index is 11.5. The van der Waals surface area contributed by atoms with E-state index in [1.54, 1.807) is 0 Å². The molecule has 4 heteroatoms. The highest BCUT2D eigenvalue weighted by molar-refractivity contribution is 5.80. The second-order valence-corrected chi connectivity index (χ2v) is 9.29. The zero-order valence-corrected chi connectivity index (χ0v) is 18.8. The number of carbonyl (C=O) groups is 1. The molecule has 0 atom stereocenters. The van der Waals surface area contributed by atoms with Crippen LogP contribution < -0.4 is 4.90 Å². The van der Waals surface area contributed by atoms with Gasteiger partial charge in [-0.1, -0.05) is 51.2 Å². The van der Waals surface area contributed by atoms with Crippen molar-refractivity contribution >= 4 is 11.5 Å². The molecule has 164 valence electrons. The number of benzene rings is 1. The molecule has 0 aromatic heterocycles. The predicted molar refractivity (Wildman–Crippen MR) is 124 cm³/mol. The molecule has 0 bridgehead atoms. The van der Waals surface area contributed by atoms with Crippen LogP contribution in [-0.4, -0.2) is 43.4 Å². The van der Waals surface area contributed by atoms with Crippen LogP contribution >= 0.6 is 0 Å². The molecule has 2 aliphatic rings. The van der Waals surface area contributed by atoms with Gasteiger partial charge in [0.15, 0.2) is 0 Å². The lowest BCUT2D eigenvalue weighted by atomic mass is 9.78. The van der Waals surface area contributed by atoms with Gasteiger partial charge < -0.3 is 4.90 Å². The first-order valence-electron chi connectivity index (χ1n) is 12.1. The molecule has 1 aliphatic heterocycles. The van der Waals surface area contributed by atoms with Crippen molar-refractivity contribution in [3.63, 3.8) is 0 Å². The number of carbonyl (C=O) groups excluding carboxylic acids is 1. The first kappa shape index (κ1) is 22.8. The Labute approximate surface area is 183 Å². The fourth-order valence-electron chi connectivity index (χ4n) is 5.14. The molecule has 0 spiro atoms. The second kappa shape index (κ2) is 12.1. The highest BCUT2D eigenvalue weighted by atomic mass is 16.1. The van der Waals surface area contributed by atoms with Crippen LogP contribution in [0.3, 0.4) is 0 Å². The third-order valence-corrected chi connectivity index (χ3v) is 7.22. The van der Waals surface area contributed by atoms with Crippen LogP contribution in [-0.2, 0) is 11.2 Å². The summed E-state index contributed by atoms with van der Waals surface area (Å²) < 4.78 is 0. The van der Waals surface area contributed by atoms with Crippen LogP contribution in [0.1, 0.15) is 70.3 Å². The Morgan fingerprint density at radius 2 is 1.77 bits per heavy atom. The largest absolute Gasteiger partial charge is 0.369 e. The number of hydrogen-bond acceptors (Lipinski definition) is 4. The fourth-order valence-corrected chi connectivity index (χ4v) is 5.14. The van der Waals surface area contributed by atoms with Gasteiger partial charge in [-0.2, -0.15) is 5.26 Å². The van der Waals surface area contributed by atoms with Gasteiger partial charge in [-0.3, -0.25) is 9.69 Å². The van der Waals surface area contributed by atoms with Gasteiger partial charge in [0.1, 0.15) is 5.78 Å². The number of nitrogens with zero attached hydrogens (tertiary/aromatic N) is 3. The summed E-state index contributed by atoms with van der Waals surface area (Å²) in [6.45, 7) is 8.13. The third kappa shape index (κ3) is 7.13. The van der Waals surface area contributed by atoms with E-state index in [4.69, 9.17) is 5.26 Å².